The molecule has 242 valence electrons. The zero-order valence-electron chi connectivity index (χ0n) is 26.7. The van der Waals surface area contributed by atoms with E-state index >= 15 is 0 Å². The van der Waals surface area contributed by atoms with Gasteiger partial charge in [-0.1, -0.05) is 63.0 Å². The van der Waals surface area contributed by atoms with Crippen LogP contribution < -0.4 is 14.5 Å². The summed E-state index contributed by atoms with van der Waals surface area (Å²) in [5.74, 6) is 2.16. The predicted molar refractivity (Wildman–Crippen MR) is 188 cm³/mol. The number of hydrogen-bond acceptors (Lipinski definition) is 4. The van der Waals surface area contributed by atoms with Crippen LogP contribution in [0.4, 0.5) is 27.1 Å². The molecule has 1 aliphatic rings. The summed E-state index contributed by atoms with van der Waals surface area (Å²) in [6, 6.07) is 42.6. The van der Waals surface area contributed by atoms with Crippen LogP contribution in [0.3, 0.4) is 0 Å². The van der Waals surface area contributed by atoms with Gasteiger partial charge in [-0.3, -0.25) is 0 Å². The number of para-hydroxylation sites is 3. The first kappa shape index (κ1) is 31.7. The molecule has 0 bridgehead atoms. The number of aromatic nitrogens is 2. The van der Waals surface area contributed by atoms with Crippen molar-refractivity contribution in [2.24, 2.45) is 0 Å². The van der Waals surface area contributed by atoms with Crippen LogP contribution in [0.2, 0.25) is 0 Å². The van der Waals surface area contributed by atoms with Crippen molar-refractivity contribution < 1.29 is 30.2 Å². The molecule has 0 fully saturated rings. The van der Waals surface area contributed by atoms with E-state index in [0.717, 1.165) is 62.4 Å². The van der Waals surface area contributed by atoms with Crippen molar-refractivity contribution in [1.82, 2.24) is 9.55 Å². The van der Waals surface area contributed by atoms with Crippen LogP contribution in [-0.4, -0.2) is 9.55 Å². The number of aryl methyl sites for hydroxylation is 1. The summed E-state index contributed by atoms with van der Waals surface area (Å²) in [5, 5.41) is 2.22. The molecule has 5 aromatic carbocycles. The second kappa shape index (κ2) is 12.9. The number of nitrogens with zero attached hydrogens (tertiary/aromatic N) is 4. The Balaban J connectivity index is 0.00000364. The maximum absolute atomic E-state index is 13.7. The number of anilines is 4. The largest absolute Gasteiger partial charge is 0.509 e. The van der Waals surface area contributed by atoms with Crippen LogP contribution in [-0.2, 0) is 27.5 Å². The Morgan fingerprint density at radius 2 is 1.54 bits per heavy atom. The zero-order chi connectivity index (χ0) is 32.1. The van der Waals surface area contributed by atoms with Crippen LogP contribution in [0.25, 0.3) is 27.6 Å². The van der Waals surface area contributed by atoms with Gasteiger partial charge in [-0.2, -0.15) is 11.6 Å². The maximum Gasteiger partial charge on any atom is 0.135 e. The Hall–Kier alpha value is -4.93. The molecule has 8 rings (SSSR count). The summed E-state index contributed by atoms with van der Waals surface area (Å²) in [6.45, 7) is 8.53. The summed E-state index contributed by atoms with van der Waals surface area (Å²) in [7, 11) is 0. The van der Waals surface area contributed by atoms with Crippen LogP contribution >= 0.6 is 0 Å². The number of hydrogen-bond donors (Lipinski definition) is 0. The summed E-state index contributed by atoms with van der Waals surface area (Å²) < 4.78 is 22.5. The number of pyridine rings is 1. The van der Waals surface area contributed by atoms with E-state index in [1.165, 1.54) is 17.7 Å². The second-order valence-electron chi connectivity index (χ2n) is 12.1. The average molecular weight is 811 g/mol. The van der Waals surface area contributed by atoms with Crippen molar-refractivity contribution in [3.8, 4) is 17.3 Å². The molecule has 5 nitrogen and oxygen atoms in total. The predicted octanol–water partition coefficient (Wildman–Crippen LogP) is 10.8. The first-order chi connectivity index (χ1) is 23.0. The van der Waals surface area contributed by atoms with Gasteiger partial charge in [0.05, 0.1) is 0 Å². The molecule has 48 heavy (non-hydrogen) atoms. The molecule has 1 aliphatic heterocycles. The number of rotatable bonds is 7. The van der Waals surface area contributed by atoms with E-state index in [2.05, 4.69) is 108 Å². The molecule has 0 spiro atoms. The normalized spacial score (nSPS) is 12.5. The Morgan fingerprint density at radius 3 is 2.31 bits per heavy atom. The van der Waals surface area contributed by atoms with Crippen LogP contribution in [0, 0.1) is 24.6 Å². The minimum atomic E-state index is -0.264. The second-order valence-corrected chi connectivity index (χ2v) is 12.1. The molecule has 0 radical (unpaired) electrons. The molecule has 3 heterocycles. The molecule has 0 saturated carbocycles. The molecule has 0 atom stereocenters. The van der Waals surface area contributed by atoms with E-state index < -0.39 is 0 Å². The van der Waals surface area contributed by atoms with Gasteiger partial charge in [-0.15, -0.1) is 48.1 Å². The van der Waals surface area contributed by atoms with Crippen LogP contribution in [0.1, 0.15) is 37.8 Å². The van der Waals surface area contributed by atoms with Gasteiger partial charge in [0.1, 0.15) is 11.6 Å². The fourth-order valence-electron chi connectivity index (χ4n) is 6.29. The van der Waals surface area contributed by atoms with Gasteiger partial charge < -0.3 is 19.1 Å². The maximum atomic E-state index is 13.7. The summed E-state index contributed by atoms with van der Waals surface area (Å²) in [5.41, 5.74) is 8.03. The third kappa shape index (κ3) is 5.65. The molecule has 7 heteroatoms. The van der Waals surface area contributed by atoms with E-state index in [-0.39, 0.29) is 26.9 Å². The Morgan fingerprint density at radius 1 is 0.792 bits per heavy atom. The first-order valence-corrected chi connectivity index (χ1v) is 15.9. The van der Waals surface area contributed by atoms with Crippen molar-refractivity contribution in [1.29, 1.82) is 0 Å². The number of fused-ring (bicyclic) bond motifs is 4. The molecule has 2 aromatic heterocycles. The third-order valence-electron chi connectivity index (χ3n) is 8.74. The fraction of sp³-hybridized carbons (Fsp3) is 0.122. The van der Waals surface area contributed by atoms with Gasteiger partial charge in [0.15, 0.2) is 0 Å². The summed E-state index contributed by atoms with van der Waals surface area (Å²) in [4.78, 5) is 8.93. The van der Waals surface area contributed by atoms with Gasteiger partial charge in [0, 0.05) is 61.3 Å². The SMILES string of the molecule is CCc1cc(Oc2[c-]c3c(cc2)c2ccccc2n3-c2cc(C(C)C)ccn2)[c-]c(N2[CH-]N(c3ccc(F)cc3)c3ccccc32)c1.[Pt]. The first-order valence-electron chi connectivity index (χ1n) is 15.9. The molecular formula is C41H32FN4OPt-3. The van der Waals surface area contributed by atoms with E-state index in [4.69, 9.17) is 9.72 Å². The molecule has 0 unspecified atom stereocenters. The average Bonchev–Trinajstić information content (AvgIpc) is 3.65. The quantitative estimate of drug-likeness (QED) is 0.150. The minimum Gasteiger partial charge on any atom is -0.509 e. The number of ether oxygens (including phenoxy) is 1. The van der Waals surface area contributed by atoms with Gasteiger partial charge in [0.25, 0.3) is 0 Å². The molecule has 0 N–H and O–H groups in total. The van der Waals surface area contributed by atoms with E-state index in [1.54, 1.807) is 12.1 Å². The number of benzene rings is 5. The van der Waals surface area contributed by atoms with Crippen LogP contribution in [0.15, 0.2) is 115 Å². The van der Waals surface area contributed by atoms with Gasteiger partial charge in [-0.05, 0) is 71.5 Å². The van der Waals surface area contributed by atoms with E-state index in [1.807, 2.05) is 37.1 Å². The third-order valence-corrected chi connectivity index (χ3v) is 8.74. The minimum absolute atomic E-state index is 0. The summed E-state index contributed by atoms with van der Waals surface area (Å²) in [6.07, 6.45) is 2.70. The monoisotopic (exact) mass is 810 g/mol. The van der Waals surface area contributed by atoms with E-state index in [0.29, 0.717) is 17.4 Å². The summed E-state index contributed by atoms with van der Waals surface area (Å²) >= 11 is 0. The Labute approximate surface area is 294 Å². The van der Waals surface area contributed by atoms with Crippen molar-refractivity contribution >= 4 is 44.6 Å². The molecule has 0 saturated heterocycles. The fourth-order valence-corrected chi connectivity index (χ4v) is 6.29. The van der Waals surface area contributed by atoms with Crippen molar-refractivity contribution in [2.45, 2.75) is 33.1 Å². The molecule has 7 aromatic rings. The Bertz CT molecular complexity index is 2260. The van der Waals surface area contributed by atoms with E-state index in [9.17, 15) is 4.39 Å². The van der Waals surface area contributed by atoms with Gasteiger partial charge in [0.2, 0.25) is 0 Å². The van der Waals surface area contributed by atoms with Crippen molar-refractivity contribution in [2.75, 3.05) is 9.80 Å². The number of halogens is 1. The molecule has 0 aliphatic carbocycles. The van der Waals surface area contributed by atoms with Crippen molar-refractivity contribution in [3.05, 3.63) is 151 Å². The standard InChI is InChI=1S/C41H32FN4O.Pt/c1-4-28-21-32(45-26-44(31-15-13-30(42)14-16-31)38-11-7-8-12-39(38)45)24-34(22-28)47-33-17-18-36-35-9-5-6-10-37(35)46(40(36)25-33)41-23-29(27(2)3)19-20-43-41;/h5-23,26-27H,4H2,1-3H3;/q-3;. The smallest absolute Gasteiger partial charge is 0.135 e. The molecular weight excluding hydrogens is 779 g/mol. The van der Waals surface area contributed by atoms with Crippen LogP contribution in [0.5, 0.6) is 11.5 Å². The topological polar surface area (TPSA) is 33.5 Å². The van der Waals surface area contributed by atoms with Gasteiger partial charge in [-0.25, -0.2) is 9.37 Å². The molecule has 0 amide bonds. The van der Waals surface area contributed by atoms with Crippen molar-refractivity contribution in [3.63, 3.8) is 0 Å². The Kier molecular flexibility index (Phi) is 8.53. The van der Waals surface area contributed by atoms with Gasteiger partial charge >= 0.3 is 0 Å². The zero-order valence-corrected chi connectivity index (χ0v) is 29.0.